The van der Waals surface area contributed by atoms with Crippen LogP contribution < -0.4 is 5.32 Å². The molecule has 1 amide bonds. The molecule has 1 aromatic heterocycles. The van der Waals surface area contributed by atoms with Crippen LogP contribution in [-0.2, 0) is 16.1 Å². The van der Waals surface area contributed by atoms with Gasteiger partial charge in [0.2, 0.25) is 5.91 Å². The van der Waals surface area contributed by atoms with Gasteiger partial charge in [-0.3, -0.25) is 9.36 Å². The van der Waals surface area contributed by atoms with Crippen molar-refractivity contribution >= 4 is 29.3 Å². The van der Waals surface area contributed by atoms with Crippen molar-refractivity contribution < 1.29 is 9.53 Å². The molecule has 0 spiro atoms. The van der Waals surface area contributed by atoms with Crippen molar-refractivity contribution in [2.45, 2.75) is 44.9 Å². The molecule has 1 aromatic carbocycles. The molecule has 26 heavy (non-hydrogen) atoms. The zero-order valence-corrected chi connectivity index (χ0v) is 17.2. The number of carbonyl (C=O) groups is 1. The third-order valence-electron chi connectivity index (χ3n) is 3.33. The van der Waals surface area contributed by atoms with Crippen LogP contribution in [-0.4, -0.2) is 45.2 Å². The van der Waals surface area contributed by atoms with E-state index in [9.17, 15) is 4.79 Å². The number of ether oxygens (including phenoxy) is 1. The van der Waals surface area contributed by atoms with Crippen LogP contribution in [0, 0.1) is 0 Å². The summed E-state index contributed by atoms with van der Waals surface area (Å²) >= 11 is 7.34. The quantitative estimate of drug-likeness (QED) is 0.545. The highest BCUT2D eigenvalue weighted by Gasteiger charge is 2.18. The first-order valence-electron chi connectivity index (χ1n) is 8.51. The maximum Gasteiger partial charge on any atom is 0.230 e. The molecule has 0 radical (unpaired) electrons. The number of benzene rings is 1. The fraction of sp³-hybridized carbons (Fsp3) is 0.500. The van der Waals surface area contributed by atoms with E-state index < -0.39 is 0 Å². The van der Waals surface area contributed by atoms with Crippen LogP contribution in [0.1, 0.15) is 27.7 Å². The lowest BCUT2D eigenvalue weighted by atomic mass is 10.1. The Kier molecular flexibility index (Phi) is 7.49. The zero-order chi connectivity index (χ0) is 19.2. The molecule has 1 N–H and O–H groups in total. The minimum absolute atomic E-state index is 0.0325. The minimum atomic E-state index is -0.255. The summed E-state index contributed by atoms with van der Waals surface area (Å²) < 4.78 is 7.46. The van der Waals surface area contributed by atoms with Gasteiger partial charge in [-0.05, 0) is 52.0 Å². The van der Waals surface area contributed by atoms with Gasteiger partial charge < -0.3 is 10.1 Å². The van der Waals surface area contributed by atoms with E-state index in [1.807, 2.05) is 56.5 Å². The Bertz CT molecular complexity index is 726. The fourth-order valence-electron chi connectivity index (χ4n) is 2.29. The first-order valence-corrected chi connectivity index (χ1v) is 9.87. The van der Waals surface area contributed by atoms with Crippen molar-refractivity contribution in [1.82, 2.24) is 20.1 Å². The third-order valence-corrected chi connectivity index (χ3v) is 4.55. The van der Waals surface area contributed by atoms with Gasteiger partial charge in [-0.15, -0.1) is 10.2 Å². The molecular weight excluding hydrogens is 372 g/mol. The summed E-state index contributed by atoms with van der Waals surface area (Å²) in [5.41, 5.74) is 0.666. The Morgan fingerprint density at radius 1 is 1.27 bits per heavy atom. The first kappa shape index (κ1) is 20.7. The van der Waals surface area contributed by atoms with Crippen molar-refractivity contribution in [3.63, 3.8) is 0 Å². The van der Waals surface area contributed by atoms with Crippen LogP contribution in [0.5, 0.6) is 0 Å². The molecular formula is C18H25ClN4O2S. The van der Waals surface area contributed by atoms with E-state index in [0.29, 0.717) is 29.9 Å². The molecule has 6 nitrogen and oxygen atoms in total. The monoisotopic (exact) mass is 396 g/mol. The Balaban J connectivity index is 2.17. The highest BCUT2D eigenvalue weighted by atomic mass is 35.5. The molecule has 2 rings (SSSR count). The van der Waals surface area contributed by atoms with Gasteiger partial charge in [0, 0.05) is 22.7 Å². The second kappa shape index (κ2) is 9.39. The second-order valence-electron chi connectivity index (χ2n) is 6.75. The summed E-state index contributed by atoms with van der Waals surface area (Å²) in [6.07, 6.45) is 0. The van der Waals surface area contributed by atoms with E-state index in [4.69, 9.17) is 16.3 Å². The molecule has 0 saturated heterocycles. The van der Waals surface area contributed by atoms with E-state index in [1.165, 1.54) is 11.8 Å². The average molecular weight is 397 g/mol. The van der Waals surface area contributed by atoms with E-state index in [0.717, 1.165) is 11.4 Å². The Labute approximate surface area is 163 Å². The number of nitrogens with zero attached hydrogens (tertiary/aromatic N) is 3. The summed E-state index contributed by atoms with van der Waals surface area (Å²) in [7, 11) is 0. The number of amides is 1. The van der Waals surface area contributed by atoms with E-state index in [2.05, 4.69) is 15.5 Å². The minimum Gasteiger partial charge on any atom is -0.380 e. The molecule has 0 atom stereocenters. The van der Waals surface area contributed by atoms with Gasteiger partial charge in [-0.25, -0.2) is 0 Å². The van der Waals surface area contributed by atoms with Crippen molar-refractivity contribution in [2.24, 2.45) is 0 Å². The van der Waals surface area contributed by atoms with E-state index in [1.54, 1.807) is 0 Å². The molecule has 1 heterocycles. The summed E-state index contributed by atoms with van der Waals surface area (Å²) in [5, 5.41) is 12.9. The number of halogens is 1. The van der Waals surface area contributed by atoms with Crippen molar-refractivity contribution in [3.05, 3.63) is 29.3 Å². The van der Waals surface area contributed by atoms with Gasteiger partial charge in [0.05, 0.1) is 18.9 Å². The third kappa shape index (κ3) is 6.30. The molecule has 0 aliphatic heterocycles. The summed E-state index contributed by atoms with van der Waals surface area (Å²) in [6.45, 7) is 9.64. The lowest BCUT2D eigenvalue weighted by molar-refractivity contribution is -0.119. The second-order valence-corrected chi connectivity index (χ2v) is 8.13. The Morgan fingerprint density at radius 2 is 1.96 bits per heavy atom. The maximum atomic E-state index is 12.1. The number of carbonyl (C=O) groups excluding carboxylic acids is 1. The van der Waals surface area contributed by atoms with Crippen LogP contribution in [0.2, 0.25) is 5.02 Å². The molecule has 2 aromatic rings. The van der Waals surface area contributed by atoms with Gasteiger partial charge in [0.15, 0.2) is 11.0 Å². The predicted octanol–water partition coefficient (Wildman–Crippen LogP) is 3.64. The number of aromatic nitrogens is 3. The smallest absolute Gasteiger partial charge is 0.230 e. The zero-order valence-electron chi connectivity index (χ0n) is 15.6. The summed E-state index contributed by atoms with van der Waals surface area (Å²) in [5.74, 6) is 0.986. The van der Waals surface area contributed by atoms with E-state index in [-0.39, 0.29) is 17.2 Å². The molecule has 0 aliphatic rings. The maximum absolute atomic E-state index is 12.1. The SMILES string of the molecule is CCOCCn1c(SCC(=O)NC(C)(C)C)nnc1-c1ccc(Cl)cc1. The van der Waals surface area contributed by atoms with Crippen LogP contribution in [0.15, 0.2) is 29.4 Å². The van der Waals surface area contributed by atoms with Gasteiger partial charge in [0.25, 0.3) is 0 Å². The standard InChI is InChI=1S/C18H25ClN4O2S/c1-5-25-11-10-23-16(13-6-8-14(19)9-7-13)21-22-17(23)26-12-15(24)20-18(2,3)4/h6-9H,5,10-12H2,1-4H3,(H,20,24). The molecule has 142 valence electrons. The Morgan fingerprint density at radius 3 is 2.58 bits per heavy atom. The number of rotatable bonds is 8. The molecule has 0 saturated carbocycles. The van der Waals surface area contributed by atoms with Crippen LogP contribution in [0.4, 0.5) is 0 Å². The Hall–Kier alpha value is -1.57. The number of hydrogen-bond donors (Lipinski definition) is 1. The highest BCUT2D eigenvalue weighted by Crippen LogP contribution is 2.25. The fourth-order valence-corrected chi connectivity index (χ4v) is 3.18. The van der Waals surface area contributed by atoms with Crippen molar-refractivity contribution in [2.75, 3.05) is 19.0 Å². The average Bonchev–Trinajstić information content (AvgIpc) is 2.95. The van der Waals surface area contributed by atoms with Crippen LogP contribution in [0.25, 0.3) is 11.4 Å². The lowest BCUT2D eigenvalue weighted by Gasteiger charge is -2.20. The van der Waals surface area contributed by atoms with Gasteiger partial charge >= 0.3 is 0 Å². The lowest BCUT2D eigenvalue weighted by Crippen LogP contribution is -2.41. The van der Waals surface area contributed by atoms with Crippen molar-refractivity contribution in [3.8, 4) is 11.4 Å². The molecule has 0 fully saturated rings. The summed E-state index contributed by atoms with van der Waals surface area (Å²) in [4.78, 5) is 12.1. The number of thioether (sulfide) groups is 1. The van der Waals surface area contributed by atoms with Crippen molar-refractivity contribution in [1.29, 1.82) is 0 Å². The normalized spacial score (nSPS) is 11.6. The van der Waals surface area contributed by atoms with Crippen LogP contribution in [0.3, 0.4) is 0 Å². The topological polar surface area (TPSA) is 69.0 Å². The first-order chi connectivity index (χ1) is 12.3. The number of hydrogen-bond acceptors (Lipinski definition) is 5. The number of nitrogens with one attached hydrogen (secondary N) is 1. The van der Waals surface area contributed by atoms with Gasteiger partial charge in [0.1, 0.15) is 0 Å². The predicted molar refractivity (Wildman–Crippen MR) is 106 cm³/mol. The van der Waals surface area contributed by atoms with Gasteiger partial charge in [-0.2, -0.15) is 0 Å². The molecule has 0 unspecified atom stereocenters. The van der Waals surface area contributed by atoms with E-state index >= 15 is 0 Å². The largest absolute Gasteiger partial charge is 0.380 e. The molecule has 0 bridgehead atoms. The molecule has 8 heteroatoms. The summed E-state index contributed by atoms with van der Waals surface area (Å²) in [6, 6.07) is 7.46. The van der Waals surface area contributed by atoms with Crippen LogP contribution >= 0.6 is 23.4 Å². The highest BCUT2D eigenvalue weighted by molar-refractivity contribution is 7.99. The van der Waals surface area contributed by atoms with Gasteiger partial charge in [-0.1, -0.05) is 23.4 Å². The molecule has 0 aliphatic carbocycles.